The smallest absolute Gasteiger partial charge is 0.0717 e. The predicted molar refractivity (Wildman–Crippen MR) is 268 cm³/mol. The highest BCUT2D eigenvalue weighted by molar-refractivity contribution is 6.08. The Labute approximate surface area is 365 Å². The lowest BCUT2D eigenvalue weighted by atomic mass is 9.81. The van der Waals surface area contributed by atoms with Crippen molar-refractivity contribution in [1.29, 1.82) is 0 Å². The molecule has 1 aliphatic carbocycles. The summed E-state index contributed by atoms with van der Waals surface area (Å²) >= 11 is 0. The Balaban J connectivity index is 1.35. The zero-order chi connectivity index (χ0) is 43.0. The fraction of sp³-hybridized carbons (Fsp3) is 0.183. The second kappa shape index (κ2) is 19.2. The first kappa shape index (κ1) is 42.6. The molecule has 0 N–H and O–H groups in total. The van der Waals surface area contributed by atoms with Crippen molar-refractivity contribution in [3.05, 3.63) is 232 Å². The van der Waals surface area contributed by atoms with Gasteiger partial charge in [-0.25, -0.2) is 0 Å². The summed E-state index contributed by atoms with van der Waals surface area (Å²) in [4.78, 5) is 5.61. The van der Waals surface area contributed by atoms with Crippen molar-refractivity contribution in [3.63, 3.8) is 0 Å². The van der Waals surface area contributed by atoms with Crippen molar-refractivity contribution >= 4 is 33.7 Å². The van der Waals surface area contributed by atoms with Gasteiger partial charge in [0.2, 0.25) is 0 Å². The third kappa shape index (κ3) is 9.58. The van der Waals surface area contributed by atoms with Crippen LogP contribution in [-0.4, -0.2) is 5.71 Å². The molecule has 61 heavy (non-hydrogen) atoms. The summed E-state index contributed by atoms with van der Waals surface area (Å²) in [5.74, 6) is 0.387. The molecule has 0 amide bonds. The van der Waals surface area contributed by atoms with E-state index in [4.69, 9.17) is 4.99 Å². The first-order chi connectivity index (χ1) is 29.5. The lowest BCUT2D eigenvalue weighted by Gasteiger charge is -2.23. The van der Waals surface area contributed by atoms with Crippen molar-refractivity contribution in [1.82, 2.24) is 0 Å². The summed E-state index contributed by atoms with van der Waals surface area (Å²) in [6.07, 6.45) is 13.5. The van der Waals surface area contributed by atoms with E-state index in [1.54, 1.807) is 0 Å². The van der Waals surface area contributed by atoms with Crippen LogP contribution in [0.3, 0.4) is 0 Å². The first-order valence-electron chi connectivity index (χ1n) is 21.8. The Morgan fingerprint density at radius 2 is 1.30 bits per heavy atom. The van der Waals surface area contributed by atoms with Gasteiger partial charge >= 0.3 is 0 Å². The van der Waals surface area contributed by atoms with Gasteiger partial charge in [-0.05, 0) is 156 Å². The fourth-order valence-corrected chi connectivity index (χ4v) is 8.54. The molecular weight excluding hydrogens is 735 g/mol. The molecule has 1 unspecified atom stereocenters. The minimum absolute atomic E-state index is 0.387. The normalized spacial score (nSPS) is 14.5. The monoisotopic (exact) mass is 793 g/mol. The van der Waals surface area contributed by atoms with E-state index >= 15 is 0 Å². The minimum Gasteiger partial charge on any atom is -0.252 e. The van der Waals surface area contributed by atoms with Crippen molar-refractivity contribution in [3.8, 4) is 22.3 Å². The molecular formula is C60H59N. The van der Waals surface area contributed by atoms with E-state index in [2.05, 4.69) is 226 Å². The molecule has 0 aliphatic heterocycles. The Morgan fingerprint density at radius 1 is 0.672 bits per heavy atom. The highest BCUT2D eigenvalue weighted by atomic mass is 14.8. The van der Waals surface area contributed by atoms with Crippen molar-refractivity contribution in [2.75, 3.05) is 0 Å². The molecule has 1 heteroatoms. The van der Waals surface area contributed by atoms with Crippen LogP contribution >= 0.6 is 0 Å². The van der Waals surface area contributed by atoms with Gasteiger partial charge < -0.3 is 0 Å². The molecule has 0 saturated carbocycles. The summed E-state index contributed by atoms with van der Waals surface area (Å²) < 4.78 is 0. The third-order valence-electron chi connectivity index (χ3n) is 12.0. The number of nitrogens with zero attached hydrogens (tertiary/aromatic N) is 1. The molecule has 1 nitrogen and oxygen atoms in total. The molecule has 1 atom stereocenters. The molecule has 6 aromatic rings. The number of hydrogen-bond acceptors (Lipinski definition) is 1. The maximum atomic E-state index is 5.61. The Hall–Kier alpha value is -6.57. The minimum atomic E-state index is 0.387. The fourth-order valence-electron chi connectivity index (χ4n) is 8.54. The molecule has 0 heterocycles. The molecule has 0 saturated heterocycles. The van der Waals surface area contributed by atoms with E-state index in [1.165, 1.54) is 77.9 Å². The van der Waals surface area contributed by atoms with E-state index in [9.17, 15) is 0 Å². The van der Waals surface area contributed by atoms with Crippen LogP contribution in [0.25, 0.3) is 50.2 Å². The van der Waals surface area contributed by atoms with Gasteiger partial charge in [0.05, 0.1) is 5.70 Å². The standard InChI is InChI=1S/C60H59N/c1-10-11-26-53(40(2)3)59-43(6)20-18-27-54(59)46(9)61-58(37-45(8)47-22-14-12-15-23-47)55-28-19-21-44(7)60(55)57-39-52(32-30-42(57)5)56-38-51(31-29-41(56)4)50-35-33-49(34-36-50)48-24-16-13-17-25-48/h11-28,30-39,41H,8,10,29H2,1-7,9H3/b26-11-,58-37-,61-46+. The van der Waals surface area contributed by atoms with E-state index in [-0.39, 0.29) is 0 Å². The van der Waals surface area contributed by atoms with Crippen LogP contribution in [0.15, 0.2) is 187 Å². The van der Waals surface area contributed by atoms with Crippen LogP contribution in [-0.2, 0) is 0 Å². The van der Waals surface area contributed by atoms with Crippen LogP contribution in [0, 0.1) is 26.7 Å². The molecule has 0 spiro atoms. The molecule has 1 aliphatic rings. The van der Waals surface area contributed by atoms with E-state index in [0.29, 0.717) is 5.92 Å². The first-order valence-corrected chi connectivity index (χ1v) is 21.8. The van der Waals surface area contributed by atoms with Crippen LogP contribution in [0.4, 0.5) is 0 Å². The maximum absolute atomic E-state index is 5.61. The highest BCUT2D eigenvalue weighted by Gasteiger charge is 2.21. The average molecular weight is 794 g/mol. The summed E-state index contributed by atoms with van der Waals surface area (Å²) in [7, 11) is 0. The van der Waals surface area contributed by atoms with Gasteiger partial charge in [0.1, 0.15) is 0 Å². The Bertz CT molecular complexity index is 2740. The van der Waals surface area contributed by atoms with Crippen LogP contribution in [0.1, 0.15) is 97.5 Å². The molecule has 0 radical (unpaired) electrons. The Kier molecular flexibility index (Phi) is 13.4. The van der Waals surface area contributed by atoms with E-state index < -0.39 is 0 Å². The summed E-state index contributed by atoms with van der Waals surface area (Å²) in [5, 5.41) is 0. The quantitative estimate of drug-likeness (QED) is 0.0864. The van der Waals surface area contributed by atoms with Gasteiger partial charge in [0, 0.05) is 16.8 Å². The number of aryl methyl sites for hydroxylation is 3. The number of allylic oxidation sites excluding steroid dienone is 10. The number of hydrogen-bond donors (Lipinski definition) is 0. The van der Waals surface area contributed by atoms with Crippen molar-refractivity contribution < 1.29 is 0 Å². The van der Waals surface area contributed by atoms with Crippen LogP contribution in [0.5, 0.6) is 0 Å². The van der Waals surface area contributed by atoms with Gasteiger partial charge in [-0.15, -0.1) is 0 Å². The lowest BCUT2D eigenvalue weighted by molar-refractivity contribution is 0.761. The number of benzene rings is 6. The second-order valence-corrected chi connectivity index (χ2v) is 16.7. The van der Waals surface area contributed by atoms with Gasteiger partial charge in [-0.2, -0.15) is 0 Å². The molecule has 6 aromatic carbocycles. The summed E-state index contributed by atoms with van der Waals surface area (Å²) in [6.45, 7) is 22.4. The van der Waals surface area contributed by atoms with Crippen molar-refractivity contribution in [2.45, 2.75) is 68.2 Å². The lowest BCUT2D eigenvalue weighted by Crippen LogP contribution is -2.05. The average Bonchev–Trinajstić information content (AvgIpc) is 3.27. The van der Waals surface area contributed by atoms with Crippen molar-refractivity contribution in [2.24, 2.45) is 10.9 Å². The molecule has 0 bridgehead atoms. The number of aliphatic imine (C=N–C) groups is 1. The van der Waals surface area contributed by atoms with Crippen LogP contribution < -0.4 is 0 Å². The SMILES string of the molecule is C=C(/C=C(\N=C(/C)c1cccc(C)c1C(/C=C\CC)=C(C)C)c1cccc(C)c1-c1cc(C2=CC(c3ccc(-c4ccccc4)cc3)=CCC2C)ccc1C)c1ccccc1. The van der Waals surface area contributed by atoms with Crippen LogP contribution in [0.2, 0.25) is 0 Å². The zero-order valence-corrected chi connectivity index (χ0v) is 37.3. The highest BCUT2D eigenvalue weighted by Crippen LogP contribution is 2.41. The topological polar surface area (TPSA) is 12.4 Å². The summed E-state index contributed by atoms with van der Waals surface area (Å²) in [5.41, 5.74) is 23.5. The third-order valence-corrected chi connectivity index (χ3v) is 12.0. The maximum Gasteiger partial charge on any atom is 0.0717 e. The molecule has 304 valence electrons. The van der Waals surface area contributed by atoms with Gasteiger partial charge in [0.15, 0.2) is 0 Å². The predicted octanol–water partition coefficient (Wildman–Crippen LogP) is 16.8. The number of rotatable bonds is 12. The van der Waals surface area contributed by atoms with Gasteiger partial charge in [-0.1, -0.05) is 184 Å². The zero-order valence-electron chi connectivity index (χ0n) is 37.3. The molecule has 7 rings (SSSR count). The van der Waals surface area contributed by atoms with Gasteiger partial charge in [0.25, 0.3) is 0 Å². The van der Waals surface area contributed by atoms with E-state index in [0.717, 1.165) is 46.5 Å². The van der Waals surface area contributed by atoms with Gasteiger partial charge in [-0.3, -0.25) is 4.99 Å². The largest absolute Gasteiger partial charge is 0.252 e. The van der Waals surface area contributed by atoms with E-state index in [1.807, 2.05) is 6.07 Å². The Morgan fingerprint density at radius 3 is 1.98 bits per heavy atom. The summed E-state index contributed by atoms with van der Waals surface area (Å²) in [6, 6.07) is 50.3. The second-order valence-electron chi connectivity index (χ2n) is 16.7. The molecule has 0 aromatic heterocycles. The molecule has 0 fully saturated rings.